The van der Waals surface area contributed by atoms with Gasteiger partial charge < -0.3 is 10.4 Å². The molecule has 1 rings (SSSR count). The van der Waals surface area contributed by atoms with E-state index in [4.69, 9.17) is 5.11 Å². The van der Waals surface area contributed by atoms with Gasteiger partial charge in [0.1, 0.15) is 0 Å². The van der Waals surface area contributed by atoms with E-state index in [9.17, 15) is 9.59 Å². The minimum atomic E-state index is -0.991. The Morgan fingerprint density at radius 3 is 2.48 bits per heavy atom. The van der Waals surface area contributed by atoms with Crippen LogP contribution in [0.2, 0.25) is 0 Å². The molecule has 0 aromatic heterocycles. The minimum absolute atomic E-state index is 0.0988. The van der Waals surface area contributed by atoms with Gasteiger partial charge in [-0.3, -0.25) is 4.79 Å². The molecular weight excluding hydrogens is 266 g/mol. The molecule has 1 amide bonds. The molecule has 0 saturated heterocycles. The fourth-order valence-corrected chi connectivity index (χ4v) is 2.42. The van der Waals surface area contributed by atoms with Gasteiger partial charge in [0.2, 0.25) is 5.91 Å². The summed E-state index contributed by atoms with van der Waals surface area (Å²) in [5.74, 6) is -1.09. The maximum atomic E-state index is 12.1. The molecule has 0 heterocycles. The topological polar surface area (TPSA) is 66.4 Å². The second-order valence-corrected chi connectivity index (χ2v) is 5.33. The first-order chi connectivity index (χ1) is 10.1. The molecule has 0 aliphatic rings. The predicted molar refractivity (Wildman–Crippen MR) is 83.5 cm³/mol. The van der Waals surface area contributed by atoms with E-state index in [1.165, 1.54) is 6.07 Å². The summed E-state index contributed by atoms with van der Waals surface area (Å²) in [4.78, 5) is 23.3. The Morgan fingerprint density at radius 1 is 1.14 bits per heavy atom. The van der Waals surface area contributed by atoms with E-state index < -0.39 is 5.97 Å². The first-order valence-electron chi connectivity index (χ1n) is 7.69. The van der Waals surface area contributed by atoms with Crippen LogP contribution in [0.5, 0.6) is 0 Å². The second kappa shape index (κ2) is 9.16. The van der Waals surface area contributed by atoms with Crippen LogP contribution >= 0.6 is 0 Å². The summed E-state index contributed by atoms with van der Waals surface area (Å²) in [5, 5.41) is 12.2. The SMILES string of the molecule is CCCCC(CCC)NC(=O)Cc1ccccc1C(=O)O. The molecule has 2 N–H and O–H groups in total. The zero-order valence-corrected chi connectivity index (χ0v) is 12.9. The molecule has 1 aromatic rings. The largest absolute Gasteiger partial charge is 0.478 e. The standard InChI is InChI=1S/C17H25NO3/c1-3-5-10-14(8-4-2)18-16(19)12-13-9-6-7-11-15(13)17(20)21/h6-7,9,11,14H,3-5,8,10,12H2,1-2H3,(H,18,19)(H,20,21). The molecule has 0 aliphatic heterocycles. The van der Waals surface area contributed by atoms with Crippen molar-refractivity contribution in [1.29, 1.82) is 0 Å². The quantitative estimate of drug-likeness (QED) is 0.732. The van der Waals surface area contributed by atoms with Crippen LogP contribution in [0.25, 0.3) is 0 Å². The van der Waals surface area contributed by atoms with Crippen LogP contribution in [-0.2, 0) is 11.2 Å². The van der Waals surface area contributed by atoms with Gasteiger partial charge >= 0.3 is 5.97 Å². The smallest absolute Gasteiger partial charge is 0.335 e. The number of unbranched alkanes of at least 4 members (excludes halogenated alkanes) is 1. The lowest BCUT2D eigenvalue weighted by molar-refractivity contribution is -0.121. The molecule has 1 atom stereocenters. The number of rotatable bonds is 9. The highest BCUT2D eigenvalue weighted by atomic mass is 16.4. The van der Waals surface area contributed by atoms with Crippen molar-refractivity contribution in [3.63, 3.8) is 0 Å². The van der Waals surface area contributed by atoms with Crippen molar-refractivity contribution < 1.29 is 14.7 Å². The molecule has 4 nitrogen and oxygen atoms in total. The molecule has 1 aromatic carbocycles. The number of hydrogen-bond acceptors (Lipinski definition) is 2. The van der Waals surface area contributed by atoms with Crippen molar-refractivity contribution in [2.75, 3.05) is 0 Å². The van der Waals surface area contributed by atoms with Crippen LogP contribution in [0.1, 0.15) is 61.9 Å². The molecule has 0 spiro atoms. The molecule has 4 heteroatoms. The van der Waals surface area contributed by atoms with Crippen LogP contribution in [0.15, 0.2) is 24.3 Å². The van der Waals surface area contributed by atoms with E-state index in [0.717, 1.165) is 32.1 Å². The van der Waals surface area contributed by atoms with Gasteiger partial charge in [-0.15, -0.1) is 0 Å². The third kappa shape index (κ3) is 5.98. The van der Waals surface area contributed by atoms with Gasteiger partial charge in [-0.2, -0.15) is 0 Å². The monoisotopic (exact) mass is 291 g/mol. The Hall–Kier alpha value is -1.84. The fourth-order valence-electron chi connectivity index (χ4n) is 2.42. The van der Waals surface area contributed by atoms with Crippen LogP contribution in [0.3, 0.4) is 0 Å². The highest BCUT2D eigenvalue weighted by Crippen LogP contribution is 2.11. The maximum Gasteiger partial charge on any atom is 0.335 e. The maximum absolute atomic E-state index is 12.1. The number of nitrogens with one attached hydrogen (secondary N) is 1. The molecule has 21 heavy (non-hydrogen) atoms. The zero-order valence-electron chi connectivity index (χ0n) is 12.9. The summed E-state index contributed by atoms with van der Waals surface area (Å²) in [6, 6.07) is 6.86. The first-order valence-corrected chi connectivity index (χ1v) is 7.69. The molecule has 0 saturated carbocycles. The third-order valence-electron chi connectivity index (χ3n) is 3.51. The average molecular weight is 291 g/mol. The molecule has 0 radical (unpaired) electrons. The van der Waals surface area contributed by atoms with Crippen LogP contribution in [-0.4, -0.2) is 23.0 Å². The Bertz CT molecular complexity index is 471. The number of benzene rings is 1. The first kappa shape index (κ1) is 17.2. The van der Waals surface area contributed by atoms with Gasteiger partial charge in [0, 0.05) is 6.04 Å². The summed E-state index contributed by atoms with van der Waals surface area (Å²) in [5.41, 5.74) is 0.765. The van der Waals surface area contributed by atoms with Gasteiger partial charge in [-0.05, 0) is 24.5 Å². The van der Waals surface area contributed by atoms with Gasteiger partial charge in [0.05, 0.1) is 12.0 Å². The summed E-state index contributed by atoms with van der Waals surface area (Å²) < 4.78 is 0. The number of carboxylic acids is 1. The van der Waals surface area contributed by atoms with Gasteiger partial charge in [-0.1, -0.05) is 51.3 Å². The highest BCUT2D eigenvalue weighted by Gasteiger charge is 2.15. The minimum Gasteiger partial charge on any atom is -0.478 e. The number of amides is 1. The lowest BCUT2D eigenvalue weighted by Gasteiger charge is -2.18. The molecular formula is C17H25NO3. The van der Waals surface area contributed by atoms with Crippen LogP contribution < -0.4 is 5.32 Å². The second-order valence-electron chi connectivity index (χ2n) is 5.33. The fraction of sp³-hybridized carbons (Fsp3) is 0.529. The lowest BCUT2D eigenvalue weighted by Crippen LogP contribution is -2.36. The van der Waals surface area contributed by atoms with Crippen molar-refractivity contribution in [1.82, 2.24) is 5.32 Å². The van der Waals surface area contributed by atoms with Crippen molar-refractivity contribution >= 4 is 11.9 Å². The van der Waals surface area contributed by atoms with E-state index in [2.05, 4.69) is 19.2 Å². The van der Waals surface area contributed by atoms with Crippen LogP contribution in [0.4, 0.5) is 0 Å². The van der Waals surface area contributed by atoms with Crippen LogP contribution in [0, 0.1) is 0 Å². The Balaban J connectivity index is 2.65. The number of hydrogen-bond donors (Lipinski definition) is 2. The Kier molecular flexibility index (Phi) is 7.51. The highest BCUT2D eigenvalue weighted by molar-refractivity contribution is 5.91. The summed E-state index contributed by atoms with van der Waals surface area (Å²) in [6.07, 6.45) is 5.30. The van der Waals surface area contributed by atoms with E-state index in [1.807, 2.05) is 0 Å². The van der Waals surface area contributed by atoms with Gasteiger partial charge in [0.15, 0.2) is 0 Å². The number of carboxylic acid groups (broad SMARTS) is 1. The normalized spacial score (nSPS) is 11.9. The Labute approximate surface area is 126 Å². The average Bonchev–Trinajstić information content (AvgIpc) is 2.45. The van der Waals surface area contributed by atoms with E-state index >= 15 is 0 Å². The molecule has 1 unspecified atom stereocenters. The molecule has 116 valence electrons. The van der Waals surface area contributed by atoms with E-state index in [1.54, 1.807) is 18.2 Å². The zero-order chi connectivity index (χ0) is 15.7. The van der Waals surface area contributed by atoms with E-state index in [-0.39, 0.29) is 23.9 Å². The summed E-state index contributed by atoms with van der Waals surface area (Å²) >= 11 is 0. The summed E-state index contributed by atoms with van der Waals surface area (Å²) in [6.45, 7) is 4.23. The molecule has 0 bridgehead atoms. The Morgan fingerprint density at radius 2 is 1.86 bits per heavy atom. The lowest BCUT2D eigenvalue weighted by atomic mass is 10.0. The predicted octanol–water partition coefficient (Wildman–Crippen LogP) is 3.40. The van der Waals surface area contributed by atoms with Crippen molar-refractivity contribution in [2.45, 2.75) is 58.4 Å². The van der Waals surface area contributed by atoms with Crippen molar-refractivity contribution in [3.8, 4) is 0 Å². The third-order valence-corrected chi connectivity index (χ3v) is 3.51. The summed E-state index contributed by atoms with van der Waals surface area (Å²) in [7, 11) is 0. The van der Waals surface area contributed by atoms with Crippen molar-refractivity contribution in [2.24, 2.45) is 0 Å². The van der Waals surface area contributed by atoms with Gasteiger partial charge in [0.25, 0.3) is 0 Å². The van der Waals surface area contributed by atoms with Crippen molar-refractivity contribution in [3.05, 3.63) is 35.4 Å². The number of carbonyl (C=O) groups excluding carboxylic acids is 1. The number of carbonyl (C=O) groups is 2. The van der Waals surface area contributed by atoms with Gasteiger partial charge in [-0.25, -0.2) is 4.79 Å². The molecule has 0 aliphatic carbocycles. The van der Waals surface area contributed by atoms with E-state index in [0.29, 0.717) is 5.56 Å². The molecule has 0 fully saturated rings. The number of aromatic carboxylic acids is 1.